The van der Waals surface area contributed by atoms with E-state index in [0.29, 0.717) is 50.5 Å². The van der Waals surface area contributed by atoms with Crippen LogP contribution in [0.5, 0.6) is 5.75 Å². The first-order chi connectivity index (χ1) is 25.9. The third-order valence-electron chi connectivity index (χ3n) is 14.5. The number of carbonyl (C=O) groups excluding carboxylic acids is 2. The summed E-state index contributed by atoms with van der Waals surface area (Å²) in [6, 6.07) is 15.5. The summed E-state index contributed by atoms with van der Waals surface area (Å²) >= 11 is 11.9. The van der Waals surface area contributed by atoms with Crippen molar-refractivity contribution in [3.05, 3.63) is 59.7 Å². The van der Waals surface area contributed by atoms with Gasteiger partial charge < -0.3 is 29.3 Å². The fourth-order valence-corrected chi connectivity index (χ4v) is 11.9. The zero-order chi connectivity index (χ0) is 38.6. The van der Waals surface area contributed by atoms with Crippen LogP contribution in [0.2, 0.25) is 0 Å². The Hall–Kier alpha value is -2.52. The van der Waals surface area contributed by atoms with Crippen LogP contribution in [-0.4, -0.2) is 72.4 Å². The Bertz CT molecular complexity index is 1550. The van der Waals surface area contributed by atoms with E-state index in [4.69, 9.17) is 37.4 Å². The monoisotopic (exact) mass is 785 g/mol. The fourth-order valence-electron chi connectivity index (χ4n) is 11.5. The van der Waals surface area contributed by atoms with E-state index in [0.717, 1.165) is 54.7 Å². The van der Waals surface area contributed by atoms with Crippen molar-refractivity contribution in [2.45, 2.75) is 110 Å². The lowest BCUT2D eigenvalue weighted by Gasteiger charge is -2.63. The molecule has 11 atom stereocenters. The van der Waals surface area contributed by atoms with Crippen molar-refractivity contribution in [3.8, 4) is 5.75 Å². The molecule has 2 aromatic carbocycles. The number of alkyl halides is 2. The molecule has 4 aliphatic rings. The Morgan fingerprint density at radius 1 is 0.889 bits per heavy atom. The van der Waals surface area contributed by atoms with Gasteiger partial charge in [-0.1, -0.05) is 45.0 Å². The standard InChI is InChI=1S/C44H61Cl2NO7/c1-28(5-16-40(50)53-27-30-8-12-33(52-4)13-9-30)35-14-15-36-42-37(26-39(49)44(35,36)3)43(2)18-17-34(24-31(43)25-38(42)48)54-41(51)23-29-6-10-32(11-7-29)47(21-19-45)22-20-46/h6-13,28,31,34-39,42,48-49H,5,14-27H2,1-4H3/t28-,31+,34-,35-,36+,37+,38-,39+,42+,43+,44-/m1/s1. The van der Waals surface area contributed by atoms with Gasteiger partial charge in [0.25, 0.3) is 0 Å². The molecule has 4 fully saturated rings. The molecule has 0 aliphatic heterocycles. The zero-order valence-electron chi connectivity index (χ0n) is 32.6. The number of halogens is 2. The highest BCUT2D eigenvalue weighted by Crippen LogP contribution is 2.68. The highest BCUT2D eigenvalue weighted by atomic mass is 35.5. The average molecular weight is 787 g/mol. The predicted molar refractivity (Wildman–Crippen MR) is 213 cm³/mol. The first-order valence-corrected chi connectivity index (χ1v) is 21.3. The van der Waals surface area contributed by atoms with E-state index in [9.17, 15) is 19.8 Å². The molecule has 0 aromatic heterocycles. The minimum Gasteiger partial charge on any atom is -0.497 e. The summed E-state index contributed by atoms with van der Waals surface area (Å²) in [5.74, 6) is 2.70. The highest BCUT2D eigenvalue weighted by Gasteiger charge is 2.65. The molecule has 0 heterocycles. The van der Waals surface area contributed by atoms with Crippen LogP contribution in [0.25, 0.3) is 0 Å². The maximum Gasteiger partial charge on any atom is 0.310 e. The van der Waals surface area contributed by atoms with Crippen LogP contribution in [0.3, 0.4) is 0 Å². The summed E-state index contributed by atoms with van der Waals surface area (Å²) in [5.41, 5.74) is 2.52. The van der Waals surface area contributed by atoms with Crippen molar-refractivity contribution in [3.63, 3.8) is 0 Å². The van der Waals surface area contributed by atoms with E-state index >= 15 is 0 Å². The Kier molecular flexibility index (Phi) is 13.5. The number of ether oxygens (including phenoxy) is 3. The normalized spacial score (nSPS) is 33.5. The Balaban J connectivity index is 1.02. The molecule has 8 nitrogen and oxygen atoms in total. The molecule has 298 valence electrons. The number of aliphatic hydroxyl groups excluding tert-OH is 2. The molecule has 54 heavy (non-hydrogen) atoms. The van der Waals surface area contributed by atoms with Crippen molar-refractivity contribution >= 4 is 40.8 Å². The van der Waals surface area contributed by atoms with Gasteiger partial charge in [-0.05, 0) is 133 Å². The second-order valence-corrected chi connectivity index (χ2v) is 18.0. The summed E-state index contributed by atoms with van der Waals surface area (Å²) in [5, 5.41) is 24.0. The lowest BCUT2D eigenvalue weighted by atomic mass is 9.43. The maximum absolute atomic E-state index is 13.1. The number of methoxy groups -OCH3 is 1. The van der Waals surface area contributed by atoms with Crippen LogP contribution >= 0.6 is 23.2 Å². The summed E-state index contributed by atoms with van der Waals surface area (Å²) in [7, 11) is 1.63. The molecular formula is C44H61Cl2NO7. The van der Waals surface area contributed by atoms with Gasteiger partial charge in [0.2, 0.25) is 0 Å². The third-order valence-corrected chi connectivity index (χ3v) is 14.9. The van der Waals surface area contributed by atoms with Gasteiger partial charge in [-0.2, -0.15) is 0 Å². The van der Waals surface area contributed by atoms with E-state index in [-0.39, 0.29) is 77.4 Å². The largest absolute Gasteiger partial charge is 0.497 e. The number of rotatable bonds is 15. The van der Waals surface area contributed by atoms with Gasteiger partial charge in [0.1, 0.15) is 18.5 Å². The number of carbonyl (C=O) groups is 2. The number of anilines is 1. The molecule has 4 aliphatic carbocycles. The summed E-state index contributed by atoms with van der Waals surface area (Å²) in [6.45, 7) is 8.51. The Morgan fingerprint density at radius 2 is 1.57 bits per heavy atom. The van der Waals surface area contributed by atoms with Gasteiger partial charge >= 0.3 is 11.9 Å². The molecule has 10 heteroatoms. The lowest BCUT2D eigenvalue weighted by molar-refractivity contribution is -0.209. The molecule has 4 saturated carbocycles. The number of hydrogen-bond acceptors (Lipinski definition) is 8. The smallest absolute Gasteiger partial charge is 0.310 e. The predicted octanol–water partition coefficient (Wildman–Crippen LogP) is 8.19. The molecule has 0 unspecified atom stereocenters. The molecule has 0 radical (unpaired) electrons. The van der Waals surface area contributed by atoms with Crippen LogP contribution < -0.4 is 9.64 Å². The van der Waals surface area contributed by atoms with E-state index in [1.165, 1.54) is 0 Å². The van der Waals surface area contributed by atoms with E-state index < -0.39 is 12.2 Å². The van der Waals surface area contributed by atoms with Crippen LogP contribution in [0, 0.1) is 46.3 Å². The minimum atomic E-state index is -0.470. The lowest BCUT2D eigenvalue weighted by Crippen LogP contribution is -2.62. The second kappa shape index (κ2) is 17.7. The number of fused-ring (bicyclic) bond motifs is 5. The van der Waals surface area contributed by atoms with Crippen molar-refractivity contribution in [2.75, 3.05) is 36.9 Å². The second-order valence-electron chi connectivity index (χ2n) is 17.2. The number of hydrogen-bond donors (Lipinski definition) is 2. The maximum atomic E-state index is 13.1. The highest BCUT2D eigenvalue weighted by molar-refractivity contribution is 6.18. The fraction of sp³-hybridized carbons (Fsp3) is 0.682. The molecule has 2 aromatic rings. The van der Waals surface area contributed by atoms with Gasteiger partial charge in [0, 0.05) is 37.0 Å². The summed E-state index contributed by atoms with van der Waals surface area (Å²) in [6.07, 6.45) is 6.04. The zero-order valence-corrected chi connectivity index (χ0v) is 34.1. The molecule has 0 bridgehead atoms. The Morgan fingerprint density at radius 3 is 2.24 bits per heavy atom. The first-order valence-electron chi connectivity index (χ1n) is 20.2. The molecular weight excluding hydrogens is 725 g/mol. The minimum absolute atomic E-state index is 0.0276. The average Bonchev–Trinajstić information content (AvgIpc) is 3.52. The van der Waals surface area contributed by atoms with Crippen LogP contribution in [-0.2, 0) is 32.1 Å². The molecule has 2 N–H and O–H groups in total. The van der Waals surface area contributed by atoms with Crippen LogP contribution in [0.4, 0.5) is 5.69 Å². The van der Waals surface area contributed by atoms with Gasteiger partial charge in [-0.15, -0.1) is 23.2 Å². The number of nitrogens with zero attached hydrogens (tertiary/aromatic N) is 1. The van der Waals surface area contributed by atoms with Gasteiger partial charge in [-0.25, -0.2) is 0 Å². The topological polar surface area (TPSA) is 106 Å². The van der Waals surface area contributed by atoms with E-state index in [1.807, 2.05) is 48.5 Å². The van der Waals surface area contributed by atoms with Crippen molar-refractivity contribution < 1.29 is 34.0 Å². The summed E-state index contributed by atoms with van der Waals surface area (Å²) < 4.78 is 16.9. The van der Waals surface area contributed by atoms with Crippen LogP contribution in [0.1, 0.15) is 89.7 Å². The van der Waals surface area contributed by atoms with Crippen molar-refractivity contribution in [1.29, 1.82) is 0 Å². The first kappa shape index (κ1) is 41.1. The summed E-state index contributed by atoms with van der Waals surface area (Å²) in [4.78, 5) is 28.0. The number of benzene rings is 2. The SMILES string of the molecule is COc1ccc(COC(=O)CC[C@@H](C)[C@H]2CC[C@H]3[C@@H]4[C@H](O)C[C@@H]5C[C@H](OC(=O)Cc6ccc(N(CCCl)CCCl)cc6)CC[C@]5(C)[C@H]4C[C@H](O)[C@]23C)cc1. The number of esters is 2. The van der Waals surface area contributed by atoms with Gasteiger partial charge in [0.15, 0.2) is 0 Å². The molecule has 0 saturated heterocycles. The van der Waals surface area contributed by atoms with E-state index in [2.05, 4.69) is 25.7 Å². The number of aliphatic hydroxyl groups is 2. The van der Waals surface area contributed by atoms with Crippen LogP contribution in [0.15, 0.2) is 48.5 Å². The van der Waals surface area contributed by atoms with Crippen molar-refractivity contribution in [2.24, 2.45) is 46.3 Å². The van der Waals surface area contributed by atoms with E-state index in [1.54, 1.807) is 7.11 Å². The molecule has 0 amide bonds. The molecule has 0 spiro atoms. The molecule has 6 rings (SSSR count). The third kappa shape index (κ3) is 8.57. The Labute approximate surface area is 332 Å². The van der Waals surface area contributed by atoms with Gasteiger partial charge in [-0.3, -0.25) is 9.59 Å². The van der Waals surface area contributed by atoms with Gasteiger partial charge in [0.05, 0.1) is 25.7 Å². The quantitative estimate of drug-likeness (QED) is 0.138. The van der Waals surface area contributed by atoms with Crippen molar-refractivity contribution in [1.82, 2.24) is 0 Å².